The molecule has 0 aliphatic rings. The number of ether oxygens (including phenoxy) is 1. The van der Waals surface area contributed by atoms with Crippen LogP contribution in [0.4, 0.5) is 4.39 Å². The van der Waals surface area contributed by atoms with E-state index in [1.807, 2.05) is 18.2 Å². The average Bonchev–Trinajstić information content (AvgIpc) is 2.48. The molecule has 3 nitrogen and oxygen atoms in total. The summed E-state index contributed by atoms with van der Waals surface area (Å²) in [4.78, 5) is 11.0. The topological polar surface area (TPSA) is 46.5 Å². The maximum atomic E-state index is 13.2. The molecule has 0 saturated heterocycles. The number of carboxylic acids is 1. The van der Waals surface area contributed by atoms with E-state index in [2.05, 4.69) is 12.1 Å². The first kappa shape index (κ1) is 15.2. The van der Waals surface area contributed by atoms with Crippen molar-refractivity contribution in [2.75, 3.05) is 6.61 Å². The monoisotopic (exact) mass is 288 g/mol. The largest absolute Gasteiger partial charge is 0.478 e. The summed E-state index contributed by atoms with van der Waals surface area (Å²) in [6.07, 6.45) is 1.73. The smallest absolute Gasteiger partial charge is 0.336 e. The highest BCUT2D eigenvalue weighted by atomic mass is 19.1. The van der Waals surface area contributed by atoms with Crippen molar-refractivity contribution in [3.8, 4) is 0 Å². The average molecular weight is 288 g/mol. The Morgan fingerprint density at radius 1 is 1.14 bits per heavy atom. The summed E-state index contributed by atoms with van der Waals surface area (Å²) in [6, 6.07) is 13.7. The normalized spacial score (nSPS) is 10.5. The van der Waals surface area contributed by atoms with Gasteiger partial charge in [-0.3, -0.25) is 0 Å². The summed E-state index contributed by atoms with van der Waals surface area (Å²) in [5.41, 5.74) is 1.68. The van der Waals surface area contributed by atoms with Gasteiger partial charge in [-0.25, -0.2) is 9.18 Å². The fourth-order valence-corrected chi connectivity index (χ4v) is 2.10. The lowest BCUT2D eigenvalue weighted by Gasteiger charge is -2.08. The van der Waals surface area contributed by atoms with E-state index in [0.717, 1.165) is 18.9 Å². The number of benzene rings is 2. The van der Waals surface area contributed by atoms with Crippen LogP contribution in [0.25, 0.3) is 0 Å². The third-order valence-electron chi connectivity index (χ3n) is 3.15. The van der Waals surface area contributed by atoms with Gasteiger partial charge >= 0.3 is 5.97 Å². The molecule has 110 valence electrons. The van der Waals surface area contributed by atoms with Crippen molar-refractivity contribution in [2.45, 2.75) is 19.4 Å². The van der Waals surface area contributed by atoms with Crippen molar-refractivity contribution < 1.29 is 19.0 Å². The molecule has 0 radical (unpaired) electrons. The number of carboxylic acid groups (broad SMARTS) is 1. The maximum absolute atomic E-state index is 13.2. The van der Waals surface area contributed by atoms with E-state index < -0.39 is 11.8 Å². The Kier molecular flexibility index (Phi) is 5.46. The second-order valence-corrected chi connectivity index (χ2v) is 4.75. The zero-order valence-electron chi connectivity index (χ0n) is 11.6. The predicted octanol–water partition coefficient (Wildman–Crippen LogP) is 3.67. The van der Waals surface area contributed by atoms with Gasteiger partial charge < -0.3 is 9.84 Å². The van der Waals surface area contributed by atoms with E-state index in [1.54, 1.807) is 0 Å². The lowest BCUT2D eigenvalue weighted by Crippen LogP contribution is -2.05. The first-order valence-electron chi connectivity index (χ1n) is 6.80. The van der Waals surface area contributed by atoms with Crippen LogP contribution in [0.5, 0.6) is 0 Å². The number of aromatic carboxylic acids is 1. The molecular formula is C17H17FO3. The lowest BCUT2D eigenvalue weighted by atomic mass is 10.1. The van der Waals surface area contributed by atoms with Crippen molar-refractivity contribution in [1.29, 1.82) is 0 Å². The molecule has 2 aromatic carbocycles. The van der Waals surface area contributed by atoms with Gasteiger partial charge in [0.1, 0.15) is 5.82 Å². The van der Waals surface area contributed by atoms with Crippen LogP contribution in [-0.2, 0) is 17.8 Å². The molecule has 0 unspecified atom stereocenters. The Morgan fingerprint density at radius 2 is 1.90 bits per heavy atom. The van der Waals surface area contributed by atoms with E-state index in [1.165, 1.54) is 17.7 Å². The Labute approximate surface area is 123 Å². The van der Waals surface area contributed by atoms with Gasteiger partial charge in [-0.15, -0.1) is 0 Å². The van der Waals surface area contributed by atoms with Gasteiger partial charge in [-0.05, 0) is 42.2 Å². The summed E-state index contributed by atoms with van der Waals surface area (Å²) in [5.74, 6) is -1.53. The van der Waals surface area contributed by atoms with Gasteiger partial charge in [0, 0.05) is 6.61 Å². The molecule has 0 bridgehead atoms. The summed E-state index contributed by atoms with van der Waals surface area (Å²) >= 11 is 0. The highest BCUT2D eigenvalue weighted by molar-refractivity contribution is 5.89. The van der Waals surface area contributed by atoms with Gasteiger partial charge in [0.2, 0.25) is 0 Å². The first-order chi connectivity index (χ1) is 10.2. The molecule has 0 aromatic heterocycles. The number of hydrogen-bond acceptors (Lipinski definition) is 2. The highest BCUT2D eigenvalue weighted by Gasteiger charge is 2.10. The molecule has 0 heterocycles. The van der Waals surface area contributed by atoms with Crippen molar-refractivity contribution in [3.63, 3.8) is 0 Å². The van der Waals surface area contributed by atoms with Crippen LogP contribution < -0.4 is 0 Å². The Morgan fingerprint density at radius 3 is 2.62 bits per heavy atom. The first-order valence-corrected chi connectivity index (χ1v) is 6.80. The second kappa shape index (κ2) is 7.55. The van der Waals surface area contributed by atoms with Crippen molar-refractivity contribution in [1.82, 2.24) is 0 Å². The minimum Gasteiger partial charge on any atom is -0.478 e. The van der Waals surface area contributed by atoms with Gasteiger partial charge in [-0.1, -0.05) is 30.3 Å². The van der Waals surface area contributed by atoms with Gasteiger partial charge in [0.25, 0.3) is 0 Å². The van der Waals surface area contributed by atoms with Gasteiger partial charge in [0.05, 0.1) is 12.2 Å². The molecule has 0 aliphatic carbocycles. The number of rotatable bonds is 7. The van der Waals surface area contributed by atoms with Crippen LogP contribution in [0.2, 0.25) is 0 Å². The fourth-order valence-electron chi connectivity index (χ4n) is 2.10. The van der Waals surface area contributed by atoms with E-state index in [9.17, 15) is 9.18 Å². The van der Waals surface area contributed by atoms with Crippen LogP contribution in [0, 0.1) is 5.82 Å². The molecule has 0 fully saturated rings. The fraction of sp³-hybridized carbons (Fsp3) is 0.235. The molecular weight excluding hydrogens is 271 g/mol. The van der Waals surface area contributed by atoms with Gasteiger partial charge in [0.15, 0.2) is 0 Å². The highest BCUT2D eigenvalue weighted by Crippen LogP contribution is 2.13. The molecule has 1 N–H and O–H groups in total. The molecule has 0 spiro atoms. The number of halogens is 1. The van der Waals surface area contributed by atoms with E-state index in [-0.39, 0.29) is 12.2 Å². The minimum atomic E-state index is -1.07. The van der Waals surface area contributed by atoms with Gasteiger partial charge in [-0.2, -0.15) is 0 Å². The van der Waals surface area contributed by atoms with Crippen LogP contribution in [0.3, 0.4) is 0 Å². The predicted molar refractivity (Wildman–Crippen MR) is 77.8 cm³/mol. The molecule has 0 saturated carbocycles. The Hall–Kier alpha value is -2.20. The van der Waals surface area contributed by atoms with Crippen molar-refractivity contribution in [3.05, 3.63) is 71.0 Å². The standard InChI is InChI=1S/C17H17FO3/c18-15-8-9-16(17(19)20)14(11-15)12-21-10-4-7-13-5-2-1-3-6-13/h1-3,5-6,8-9,11H,4,7,10,12H2,(H,19,20). The van der Waals surface area contributed by atoms with E-state index in [4.69, 9.17) is 9.84 Å². The Balaban J connectivity index is 1.81. The molecule has 0 atom stereocenters. The third kappa shape index (κ3) is 4.68. The van der Waals surface area contributed by atoms with Crippen molar-refractivity contribution >= 4 is 5.97 Å². The van der Waals surface area contributed by atoms with Crippen LogP contribution >= 0.6 is 0 Å². The number of hydrogen-bond donors (Lipinski definition) is 1. The zero-order valence-corrected chi connectivity index (χ0v) is 11.6. The minimum absolute atomic E-state index is 0.0828. The van der Waals surface area contributed by atoms with E-state index in [0.29, 0.717) is 12.2 Å². The number of carbonyl (C=O) groups is 1. The summed E-state index contributed by atoms with van der Waals surface area (Å²) in [5, 5.41) is 9.03. The van der Waals surface area contributed by atoms with Crippen molar-refractivity contribution in [2.24, 2.45) is 0 Å². The molecule has 0 aliphatic heterocycles. The lowest BCUT2D eigenvalue weighted by molar-refractivity contribution is 0.0686. The third-order valence-corrected chi connectivity index (χ3v) is 3.15. The molecule has 4 heteroatoms. The number of aryl methyl sites for hydroxylation is 1. The van der Waals surface area contributed by atoms with Crippen LogP contribution in [0.1, 0.15) is 27.9 Å². The molecule has 0 amide bonds. The quantitative estimate of drug-likeness (QED) is 0.791. The van der Waals surface area contributed by atoms with Crippen LogP contribution in [0.15, 0.2) is 48.5 Å². The molecule has 2 aromatic rings. The summed E-state index contributed by atoms with van der Waals surface area (Å²) < 4.78 is 18.6. The zero-order chi connectivity index (χ0) is 15.1. The Bertz CT molecular complexity index is 596. The van der Waals surface area contributed by atoms with Crippen LogP contribution in [-0.4, -0.2) is 17.7 Å². The second-order valence-electron chi connectivity index (χ2n) is 4.75. The molecule has 21 heavy (non-hydrogen) atoms. The van der Waals surface area contributed by atoms with E-state index >= 15 is 0 Å². The summed E-state index contributed by atoms with van der Waals surface area (Å²) in [7, 11) is 0. The summed E-state index contributed by atoms with van der Waals surface area (Å²) in [6.45, 7) is 0.610. The maximum Gasteiger partial charge on any atom is 0.336 e. The molecule has 2 rings (SSSR count). The SMILES string of the molecule is O=C(O)c1ccc(F)cc1COCCCc1ccccc1.